The molecule has 5 nitrogen and oxygen atoms in total. The second-order valence-electron chi connectivity index (χ2n) is 4.22. The molecular formula is C14H17N3O2S. The minimum absolute atomic E-state index is 0.169. The van der Waals surface area contributed by atoms with Gasteiger partial charge in [0, 0.05) is 24.5 Å². The van der Waals surface area contributed by atoms with E-state index in [9.17, 15) is 4.79 Å². The van der Waals surface area contributed by atoms with Crippen LogP contribution in [0, 0.1) is 0 Å². The zero-order valence-corrected chi connectivity index (χ0v) is 12.2. The predicted octanol–water partition coefficient (Wildman–Crippen LogP) is 2.25. The van der Waals surface area contributed by atoms with Crippen molar-refractivity contribution < 1.29 is 9.53 Å². The van der Waals surface area contributed by atoms with Crippen molar-refractivity contribution in [3.8, 4) is 10.7 Å². The fourth-order valence-electron chi connectivity index (χ4n) is 1.67. The summed E-state index contributed by atoms with van der Waals surface area (Å²) >= 11 is 1.59. The van der Waals surface area contributed by atoms with E-state index in [1.807, 2.05) is 23.6 Å². The average molecular weight is 291 g/mol. The van der Waals surface area contributed by atoms with Crippen LogP contribution >= 0.6 is 11.3 Å². The summed E-state index contributed by atoms with van der Waals surface area (Å²) in [5.74, 6) is -0.169. The Hall–Kier alpha value is -1.79. The first kappa shape index (κ1) is 14.6. The fraction of sp³-hybridized carbons (Fsp3) is 0.357. The largest absolute Gasteiger partial charge is 0.469 e. The van der Waals surface area contributed by atoms with Crippen molar-refractivity contribution >= 4 is 17.3 Å². The van der Waals surface area contributed by atoms with Crippen molar-refractivity contribution in [3.63, 3.8) is 0 Å². The van der Waals surface area contributed by atoms with Gasteiger partial charge < -0.3 is 10.1 Å². The molecule has 2 rings (SSSR count). The van der Waals surface area contributed by atoms with Crippen LogP contribution in [0.25, 0.3) is 10.7 Å². The molecule has 2 aromatic rings. The maximum absolute atomic E-state index is 10.9. The van der Waals surface area contributed by atoms with Crippen molar-refractivity contribution in [2.24, 2.45) is 0 Å². The minimum atomic E-state index is -0.169. The van der Waals surface area contributed by atoms with Gasteiger partial charge in [0.1, 0.15) is 5.01 Å². The molecule has 0 unspecified atom stereocenters. The molecular weight excluding hydrogens is 274 g/mol. The molecule has 0 saturated heterocycles. The van der Waals surface area contributed by atoms with Gasteiger partial charge in [0.15, 0.2) is 0 Å². The summed E-state index contributed by atoms with van der Waals surface area (Å²) in [6.07, 6.45) is 2.98. The van der Waals surface area contributed by atoms with E-state index in [2.05, 4.69) is 20.0 Å². The Balaban J connectivity index is 1.75. The molecule has 20 heavy (non-hydrogen) atoms. The number of nitrogens with one attached hydrogen (secondary N) is 1. The predicted molar refractivity (Wildman–Crippen MR) is 78.3 cm³/mol. The van der Waals surface area contributed by atoms with Gasteiger partial charge in [-0.3, -0.25) is 9.78 Å². The van der Waals surface area contributed by atoms with E-state index in [4.69, 9.17) is 0 Å². The molecule has 0 saturated carbocycles. The lowest BCUT2D eigenvalue weighted by Crippen LogP contribution is -2.16. The van der Waals surface area contributed by atoms with E-state index >= 15 is 0 Å². The molecule has 0 amide bonds. The Labute approximate surface area is 122 Å². The Bertz CT molecular complexity index is 542. The van der Waals surface area contributed by atoms with Gasteiger partial charge in [-0.25, -0.2) is 4.98 Å². The van der Waals surface area contributed by atoms with E-state index in [0.29, 0.717) is 13.0 Å². The van der Waals surface area contributed by atoms with E-state index in [0.717, 1.165) is 29.4 Å². The normalized spacial score (nSPS) is 10.4. The SMILES string of the molecule is COC(=O)CCCNCc1csc(-c2ccccn2)n1. The van der Waals surface area contributed by atoms with E-state index in [1.165, 1.54) is 7.11 Å². The number of rotatable bonds is 7. The first-order chi connectivity index (χ1) is 9.79. The summed E-state index contributed by atoms with van der Waals surface area (Å²) in [7, 11) is 1.41. The van der Waals surface area contributed by atoms with Crippen molar-refractivity contribution in [2.75, 3.05) is 13.7 Å². The summed E-state index contributed by atoms with van der Waals surface area (Å²) in [5.41, 5.74) is 1.89. The summed E-state index contributed by atoms with van der Waals surface area (Å²) in [6.45, 7) is 1.47. The second-order valence-corrected chi connectivity index (χ2v) is 5.07. The zero-order valence-electron chi connectivity index (χ0n) is 11.3. The summed E-state index contributed by atoms with van der Waals surface area (Å²) in [5, 5.41) is 6.21. The van der Waals surface area contributed by atoms with Gasteiger partial charge in [-0.15, -0.1) is 11.3 Å². The van der Waals surface area contributed by atoms with Crippen LogP contribution in [-0.4, -0.2) is 29.6 Å². The van der Waals surface area contributed by atoms with Crippen LogP contribution in [0.2, 0.25) is 0 Å². The molecule has 106 valence electrons. The third-order valence-corrected chi connectivity index (χ3v) is 3.62. The Morgan fingerprint density at radius 2 is 2.35 bits per heavy atom. The molecule has 0 spiro atoms. The highest BCUT2D eigenvalue weighted by molar-refractivity contribution is 7.13. The summed E-state index contributed by atoms with van der Waals surface area (Å²) in [6, 6.07) is 5.79. The number of hydrogen-bond acceptors (Lipinski definition) is 6. The number of hydrogen-bond donors (Lipinski definition) is 1. The highest BCUT2D eigenvalue weighted by atomic mass is 32.1. The molecule has 2 heterocycles. The highest BCUT2D eigenvalue weighted by Gasteiger charge is 2.05. The number of aromatic nitrogens is 2. The van der Waals surface area contributed by atoms with Gasteiger partial charge in [-0.05, 0) is 25.1 Å². The van der Waals surface area contributed by atoms with E-state index in [-0.39, 0.29) is 5.97 Å². The number of nitrogens with zero attached hydrogens (tertiary/aromatic N) is 2. The molecule has 0 atom stereocenters. The van der Waals surface area contributed by atoms with Gasteiger partial charge in [0.05, 0.1) is 18.5 Å². The number of carbonyl (C=O) groups excluding carboxylic acids is 1. The van der Waals surface area contributed by atoms with Gasteiger partial charge in [-0.2, -0.15) is 0 Å². The monoisotopic (exact) mass is 291 g/mol. The van der Waals surface area contributed by atoms with Crippen molar-refractivity contribution in [2.45, 2.75) is 19.4 Å². The molecule has 0 radical (unpaired) electrons. The van der Waals surface area contributed by atoms with Crippen LogP contribution in [0.3, 0.4) is 0 Å². The maximum atomic E-state index is 10.9. The van der Waals surface area contributed by atoms with E-state index < -0.39 is 0 Å². The Morgan fingerprint density at radius 1 is 1.45 bits per heavy atom. The van der Waals surface area contributed by atoms with Gasteiger partial charge in [0.25, 0.3) is 0 Å². The van der Waals surface area contributed by atoms with Crippen LogP contribution in [0.1, 0.15) is 18.5 Å². The van der Waals surface area contributed by atoms with Crippen LogP contribution in [0.4, 0.5) is 0 Å². The van der Waals surface area contributed by atoms with Gasteiger partial charge in [-0.1, -0.05) is 6.07 Å². The summed E-state index contributed by atoms with van der Waals surface area (Å²) < 4.78 is 4.58. The number of carbonyl (C=O) groups is 1. The third kappa shape index (κ3) is 4.40. The first-order valence-corrected chi connectivity index (χ1v) is 7.31. The average Bonchev–Trinajstić information content (AvgIpc) is 2.96. The van der Waals surface area contributed by atoms with E-state index in [1.54, 1.807) is 17.5 Å². The third-order valence-electron chi connectivity index (χ3n) is 2.70. The van der Waals surface area contributed by atoms with Crippen LogP contribution in [-0.2, 0) is 16.1 Å². The lowest BCUT2D eigenvalue weighted by molar-refractivity contribution is -0.140. The lowest BCUT2D eigenvalue weighted by Gasteiger charge is -2.01. The van der Waals surface area contributed by atoms with Gasteiger partial charge in [0.2, 0.25) is 0 Å². The smallest absolute Gasteiger partial charge is 0.305 e. The number of esters is 1. The van der Waals surface area contributed by atoms with Crippen LogP contribution in [0.15, 0.2) is 29.8 Å². The Morgan fingerprint density at radius 3 is 3.10 bits per heavy atom. The zero-order chi connectivity index (χ0) is 14.2. The molecule has 0 fully saturated rings. The minimum Gasteiger partial charge on any atom is -0.469 e. The molecule has 6 heteroatoms. The van der Waals surface area contributed by atoms with Crippen molar-refractivity contribution in [3.05, 3.63) is 35.5 Å². The first-order valence-electron chi connectivity index (χ1n) is 6.43. The topological polar surface area (TPSA) is 64.1 Å². The lowest BCUT2D eigenvalue weighted by atomic mass is 10.3. The number of pyridine rings is 1. The summed E-state index contributed by atoms with van der Waals surface area (Å²) in [4.78, 5) is 19.7. The standard InChI is InChI=1S/C14H17N3O2S/c1-19-13(18)6-4-7-15-9-11-10-20-14(17-11)12-5-2-3-8-16-12/h2-3,5,8,10,15H,4,6-7,9H2,1H3. The number of methoxy groups -OCH3 is 1. The van der Waals surface area contributed by atoms with Crippen LogP contribution in [0.5, 0.6) is 0 Å². The molecule has 0 bridgehead atoms. The molecule has 2 aromatic heterocycles. The molecule has 1 N–H and O–H groups in total. The molecule has 0 aliphatic rings. The fourth-order valence-corrected chi connectivity index (χ4v) is 2.47. The molecule has 0 aliphatic carbocycles. The van der Waals surface area contributed by atoms with Crippen molar-refractivity contribution in [1.82, 2.24) is 15.3 Å². The number of ether oxygens (including phenoxy) is 1. The maximum Gasteiger partial charge on any atom is 0.305 e. The Kier molecular flexibility index (Phi) is 5.64. The second kappa shape index (κ2) is 7.72. The number of thiazole rings is 1. The highest BCUT2D eigenvalue weighted by Crippen LogP contribution is 2.21. The molecule has 0 aliphatic heterocycles. The van der Waals surface area contributed by atoms with Gasteiger partial charge >= 0.3 is 5.97 Å². The van der Waals surface area contributed by atoms with Crippen molar-refractivity contribution in [1.29, 1.82) is 0 Å². The molecule has 0 aromatic carbocycles. The quantitative estimate of drug-likeness (QED) is 0.626. The van der Waals surface area contributed by atoms with Crippen LogP contribution < -0.4 is 5.32 Å².